The van der Waals surface area contributed by atoms with E-state index in [2.05, 4.69) is 16.0 Å². The maximum Gasteiger partial charge on any atom is 0.325 e. The minimum Gasteiger partial charge on any atom is -0.465 e. The van der Waals surface area contributed by atoms with Crippen LogP contribution in [0.4, 0.5) is 4.79 Å². The molecule has 12 nitrogen and oxygen atoms in total. The molecule has 1 aliphatic heterocycles. The van der Waals surface area contributed by atoms with E-state index in [-0.39, 0.29) is 31.8 Å². The van der Waals surface area contributed by atoms with Crippen molar-refractivity contribution in [2.75, 3.05) is 46.1 Å². The lowest BCUT2D eigenvalue weighted by atomic mass is 9.84. The number of nitrogens with zero attached hydrogens (tertiary/aromatic N) is 1. The SMILES string of the molecule is CCOC(=O)CNC(=O)C(=O)[C@H](COCc1ccc(Cl)cc1)NC(=O)[C@H](CC1CCCCC1)NC(=O)N1CCOCC1. The second-order valence-electron chi connectivity index (χ2n) is 10.4. The highest BCUT2D eigenvalue weighted by atomic mass is 35.5. The fourth-order valence-corrected chi connectivity index (χ4v) is 5.06. The Balaban J connectivity index is 1.71. The van der Waals surface area contributed by atoms with Gasteiger partial charge in [0.1, 0.15) is 18.6 Å². The van der Waals surface area contributed by atoms with Gasteiger partial charge in [-0.15, -0.1) is 0 Å². The Kier molecular flexibility index (Phi) is 14.0. The van der Waals surface area contributed by atoms with Gasteiger partial charge in [-0.2, -0.15) is 0 Å². The molecule has 1 saturated heterocycles. The number of rotatable bonds is 14. The Hall–Kier alpha value is -3.22. The van der Waals surface area contributed by atoms with Crippen LogP contribution in [0.3, 0.4) is 0 Å². The van der Waals surface area contributed by atoms with Crippen LogP contribution in [-0.2, 0) is 40.0 Å². The molecule has 1 saturated carbocycles. The van der Waals surface area contributed by atoms with Crippen molar-refractivity contribution in [3.8, 4) is 0 Å². The number of carbonyl (C=O) groups excluding carboxylic acids is 5. The number of benzene rings is 1. The lowest BCUT2D eigenvalue weighted by Crippen LogP contribution is -2.58. The molecule has 1 aliphatic carbocycles. The maximum atomic E-state index is 13.6. The third-order valence-electron chi connectivity index (χ3n) is 7.23. The third kappa shape index (κ3) is 11.2. The van der Waals surface area contributed by atoms with E-state index in [9.17, 15) is 24.0 Å². The van der Waals surface area contributed by atoms with Crippen LogP contribution in [0.15, 0.2) is 24.3 Å². The predicted molar refractivity (Wildman–Crippen MR) is 154 cm³/mol. The second-order valence-corrected chi connectivity index (χ2v) is 10.8. The summed E-state index contributed by atoms with van der Waals surface area (Å²) in [5.41, 5.74) is 0.775. The summed E-state index contributed by atoms with van der Waals surface area (Å²) < 4.78 is 15.8. The van der Waals surface area contributed by atoms with Crippen molar-refractivity contribution in [2.45, 2.75) is 64.1 Å². The molecule has 0 bridgehead atoms. The Bertz CT molecular complexity index is 1060. The number of hydrogen-bond acceptors (Lipinski definition) is 8. The van der Waals surface area contributed by atoms with Crippen molar-refractivity contribution in [2.24, 2.45) is 5.92 Å². The highest BCUT2D eigenvalue weighted by Gasteiger charge is 2.33. The summed E-state index contributed by atoms with van der Waals surface area (Å²) in [5, 5.41) is 8.26. The number of carbonyl (C=O) groups is 5. The standard InChI is InChI=1S/C29H41ClN4O8/c1-2-42-25(35)17-31-28(38)26(36)24(19-41-18-21-8-10-22(30)11-9-21)32-27(37)23(16-20-6-4-3-5-7-20)33-29(39)34-12-14-40-15-13-34/h8-11,20,23-24H,2-7,12-19H2,1H3,(H,31,38)(H,32,37)(H,33,39)/t23-,24-/m0/s1. The maximum absolute atomic E-state index is 13.6. The van der Waals surface area contributed by atoms with E-state index in [1.165, 1.54) is 0 Å². The summed E-state index contributed by atoms with van der Waals surface area (Å²) in [6.45, 7) is 2.67. The van der Waals surface area contributed by atoms with Crippen LogP contribution in [-0.4, -0.2) is 92.6 Å². The van der Waals surface area contributed by atoms with Crippen LogP contribution in [0.5, 0.6) is 0 Å². The molecular weight excluding hydrogens is 568 g/mol. The Morgan fingerprint density at radius 3 is 2.36 bits per heavy atom. The molecule has 0 aromatic heterocycles. The average molecular weight is 609 g/mol. The Morgan fingerprint density at radius 2 is 1.69 bits per heavy atom. The van der Waals surface area contributed by atoms with Crippen molar-refractivity contribution in [1.82, 2.24) is 20.9 Å². The average Bonchev–Trinajstić information content (AvgIpc) is 3.00. The van der Waals surface area contributed by atoms with Gasteiger partial charge in [0, 0.05) is 18.1 Å². The van der Waals surface area contributed by atoms with Gasteiger partial charge >= 0.3 is 12.0 Å². The number of ketones is 1. The fourth-order valence-electron chi connectivity index (χ4n) is 4.93. The normalized spacial score (nSPS) is 17.0. The molecule has 2 atom stereocenters. The molecule has 1 aromatic carbocycles. The third-order valence-corrected chi connectivity index (χ3v) is 7.48. The van der Waals surface area contributed by atoms with Gasteiger partial charge in [0.25, 0.3) is 5.91 Å². The molecule has 0 unspecified atom stereocenters. The van der Waals surface area contributed by atoms with E-state index in [0.717, 1.165) is 37.7 Å². The molecular formula is C29H41ClN4O8. The van der Waals surface area contributed by atoms with E-state index < -0.39 is 42.2 Å². The minimum absolute atomic E-state index is 0.0978. The highest BCUT2D eigenvalue weighted by Crippen LogP contribution is 2.27. The summed E-state index contributed by atoms with van der Waals surface area (Å²) in [6, 6.07) is 4.24. The van der Waals surface area contributed by atoms with Crippen molar-refractivity contribution in [3.05, 3.63) is 34.9 Å². The molecule has 232 valence electrons. The van der Waals surface area contributed by atoms with Gasteiger partial charge in [0.2, 0.25) is 11.7 Å². The summed E-state index contributed by atoms with van der Waals surface area (Å²) in [4.78, 5) is 65.6. The topological polar surface area (TPSA) is 152 Å². The van der Waals surface area contributed by atoms with Crippen LogP contribution in [0, 0.1) is 5.92 Å². The van der Waals surface area contributed by atoms with Crippen molar-refractivity contribution in [3.63, 3.8) is 0 Å². The number of amides is 4. The van der Waals surface area contributed by atoms with Crippen LogP contribution in [0.2, 0.25) is 5.02 Å². The molecule has 2 fully saturated rings. The van der Waals surface area contributed by atoms with Gasteiger partial charge in [0.05, 0.1) is 33.0 Å². The summed E-state index contributed by atoms with van der Waals surface area (Å²) in [7, 11) is 0. The number of hydrogen-bond donors (Lipinski definition) is 3. The van der Waals surface area contributed by atoms with E-state index >= 15 is 0 Å². The van der Waals surface area contributed by atoms with Gasteiger partial charge in [-0.3, -0.25) is 19.2 Å². The molecule has 42 heavy (non-hydrogen) atoms. The quantitative estimate of drug-likeness (QED) is 0.214. The van der Waals surface area contributed by atoms with Crippen LogP contribution >= 0.6 is 11.6 Å². The summed E-state index contributed by atoms with van der Waals surface area (Å²) in [5.74, 6) is -3.10. The minimum atomic E-state index is -1.36. The molecule has 3 N–H and O–H groups in total. The predicted octanol–water partition coefficient (Wildman–Crippen LogP) is 1.97. The number of Topliss-reactive ketones (excluding diaryl/α,β-unsaturated/α-hetero) is 1. The monoisotopic (exact) mass is 608 g/mol. The van der Waals surface area contributed by atoms with E-state index in [1.807, 2.05) is 0 Å². The van der Waals surface area contributed by atoms with Gasteiger partial charge in [0.15, 0.2) is 0 Å². The van der Waals surface area contributed by atoms with Gasteiger partial charge in [-0.25, -0.2) is 4.79 Å². The molecule has 4 amide bonds. The second kappa shape index (κ2) is 17.7. The van der Waals surface area contributed by atoms with Crippen molar-refractivity contribution < 1.29 is 38.2 Å². The molecule has 0 radical (unpaired) electrons. The molecule has 13 heteroatoms. The first kappa shape index (κ1) is 33.3. The van der Waals surface area contributed by atoms with Gasteiger partial charge in [-0.05, 0) is 37.0 Å². The smallest absolute Gasteiger partial charge is 0.325 e. The van der Waals surface area contributed by atoms with Crippen molar-refractivity contribution in [1.29, 1.82) is 0 Å². The fraction of sp³-hybridized carbons (Fsp3) is 0.621. The lowest BCUT2D eigenvalue weighted by Gasteiger charge is -2.31. The largest absolute Gasteiger partial charge is 0.465 e. The number of morpholine rings is 1. The molecule has 2 aliphatic rings. The van der Waals surface area contributed by atoms with Crippen LogP contribution in [0.25, 0.3) is 0 Å². The first-order valence-electron chi connectivity index (χ1n) is 14.5. The zero-order valence-corrected chi connectivity index (χ0v) is 24.8. The van der Waals surface area contributed by atoms with E-state index in [4.69, 9.17) is 25.8 Å². The summed E-state index contributed by atoms with van der Waals surface area (Å²) >= 11 is 5.94. The van der Waals surface area contributed by atoms with Crippen molar-refractivity contribution >= 4 is 41.2 Å². The lowest BCUT2D eigenvalue weighted by molar-refractivity contribution is -0.146. The molecule has 3 rings (SSSR count). The molecule has 0 spiro atoms. The van der Waals surface area contributed by atoms with E-state index in [1.54, 1.807) is 36.1 Å². The first-order valence-corrected chi connectivity index (χ1v) is 14.9. The number of urea groups is 1. The molecule has 1 aromatic rings. The Labute approximate surface area is 251 Å². The number of nitrogens with one attached hydrogen (secondary N) is 3. The first-order chi connectivity index (χ1) is 20.3. The van der Waals surface area contributed by atoms with E-state index in [0.29, 0.717) is 37.7 Å². The molecule has 1 heterocycles. The number of ether oxygens (including phenoxy) is 3. The van der Waals surface area contributed by atoms with Crippen LogP contribution < -0.4 is 16.0 Å². The summed E-state index contributed by atoms with van der Waals surface area (Å²) in [6.07, 6.45) is 5.53. The van der Waals surface area contributed by atoms with Gasteiger partial charge in [-0.1, -0.05) is 55.8 Å². The van der Waals surface area contributed by atoms with Crippen LogP contribution in [0.1, 0.15) is 51.0 Å². The zero-order valence-electron chi connectivity index (χ0n) is 24.0. The Morgan fingerprint density at radius 1 is 1.00 bits per heavy atom. The highest BCUT2D eigenvalue weighted by molar-refractivity contribution is 6.38. The number of esters is 1. The zero-order chi connectivity index (χ0) is 30.3. The number of halogens is 1. The van der Waals surface area contributed by atoms with Gasteiger partial charge < -0.3 is 35.1 Å².